The van der Waals surface area contributed by atoms with E-state index in [4.69, 9.17) is 16.3 Å². The molecule has 1 fully saturated rings. The van der Waals surface area contributed by atoms with Crippen LogP contribution in [-0.2, 0) is 10.0 Å². The number of halogens is 1. The van der Waals surface area contributed by atoms with E-state index in [1.54, 1.807) is 47.4 Å². The molecule has 0 aromatic heterocycles. The number of hydrogen-bond donors (Lipinski definition) is 0. The number of carbonyl (C=O) groups is 1. The second kappa shape index (κ2) is 9.09. The van der Waals surface area contributed by atoms with Gasteiger partial charge in [0.25, 0.3) is 5.91 Å². The average molecular weight is 457 g/mol. The number of carbonyl (C=O) groups excluding carboxylic acids is 1. The molecule has 0 N–H and O–H groups in total. The van der Waals surface area contributed by atoms with Crippen LogP contribution in [0.5, 0.6) is 11.5 Å². The van der Waals surface area contributed by atoms with E-state index in [2.05, 4.69) is 0 Å². The molecule has 6 nitrogen and oxygen atoms in total. The first kappa shape index (κ1) is 21.4. The maximum Gasteiger partial charge on any atom is 0.253 e. The topological polar surface area (TPSA) is 66.9 Å². The Labute approximate surface area is 186 Å². The number of rotatable bonds is 5. The third kappa shape index (κ3) is 4.74. The van der Waals surface area contributed by atoms with Gasteiger partial charge >= 0.3 is 0 Å². The van der Waals surface area contributed by atoms with Gasteiger partial charge < -0.3 is 9.64 Å². The first-order valence-corrected chi connectivity index (χ1v) is 11.6. The molecule has 0 aliphatic carbocycles. The minimum absolute atomic E-state index is 0.0884. The van der Waals surface area contributed by atoms with Gasteiger partial charge in [0.05, 0.1) is 5.02 Å². The fraction of sp³-hybridized carbons (Fsp3) is 0.174. The lowest BCUT2D eigenvalue weighted by Gasteiger charge is -2.34. The maximum absolute atomic E-state index is 12.9. The zero-order chi connectivity index (χ0) is 21.8. The summed E-state index contributed by atoms with van der Waals surface area (Å²) in [6.45, 7) is 1.05. The van der Waals surface area contributed by atoms with E-state index in [0.29, 0.717) is 24.4 Å². The lowest BCUT2D eigenvalue weighted by atomic mass is 10.2. The Morgan fingerprint density at radius 3 is 2.00 bits per heavy atom. The Bertz CT molecular complexity index is 1160. The van der Waals surface area contributed by atoms with E-state index < -0.39 is 10.0 Å². The molecule has 1 saturated heterocycles. The van der Waals surface area contributed by atoms with Crippen molar-refractivity contribution in [3.8, 4) is 11.5 Å². The third-order valence-corrected chi connectivity index (χ3v) is 7.46. The molecule has 160 valence electrons. The molecule has 4 rings (SSSR count). The zero-order valence-electron chi connectivity index (χ0n) is 16.6. The Morgan fingerprint density at radius 1 is 0.774 bits per heavy atom. The quantitative estimate of drug-likeness (QED) is 0.574. The summed E-state index contributed by atoms with van der Waals surface area (Å²) >= 11 is 6.07. The normalized spacial score (nSPS) is 14.9. The molecule has 0 bridgehead atoms. The highest BCUT2D eigenvalue weighted by molar-refractivity contribution is 7.89. The molecule has 3 aromatic carbocycles. The Kier molecular flexibility index (Phi) is 6.27. The summed E-state index contributed by atoms with van der Waals surface area (Å²) in [6.07, 6.45) is 0. The minimum atomic E-state index is -3.69. The number of piperazine rings is 1. The molecular weight excluding hydrogens is 436 g/mol. The van der Waals surface area contributed by atoms with Crippen molar-refractivity contribution < 1.29 is 17.9 Å². The van der Waals surface area contributed by atoms with Crippen LogP contribution in [0.15, 0.2) is 83.8 Å². The number of ether oxygens (including phenoxy) is 1. The van der Waals surface area contributed by atoms with E-state index in [1.165, 1.54) is 10.4 Å². The highest BCUT2D eigenvalue weighted by Gasteiger charge is 2.31. The number of amides is 1. The van der Waals surface area contributed by atoms with Crippen molar-refractivity contribution in [2.24, 2.45) is 0 Å². The second-order valence-electron chi connectivity index (χ2n) is 7.07. The lowest BCUT2D eigenvalue weighted by molar-refractivity contribution is 0.0698. The van der Waals surface area contributed by atoms with Crippen LogP contribution < -0.4 is 4.74 Å². The molecule has 1 amide bonds. The molecule has 0 saturated carbocycles. The van der Waals surface area contributed by atoms with Crippen LogP contribution in [0.3, 0.4) is 0 Å². The summed E-state index contributed by atoms with van der Waals surface area (Å²) in [5.41, 5.74) is 0.530. The molecule has 1 aliphatic heterocycles. The average Bonchev–Trinajstić information content (AvgIpc) is 2.80. The van der Waals surface area contributed by atoms with Gasteiger partial charge in [-0.15, -0.1) is 0 Å². The number of nitrogens with zero attached hydrogens (tertiary/aromatic N) is 2. The Hall–Kier alpha value is -2.87. The minimum Gasteiger partial charge on any atom is -0.457 e. The Morgan fingerprint density at radius 2 is 1.35 bits per heavy atom. The van der Waals surface area contributed by atoms with Crippen LogP contribution >= 0.6 is 11.6 Å². The van der Waals surface area contributed by atoms with Gasteiger partial charge in [0.15, 0.2) is 0 Å². The maximum atomic E-state index is 12.9. The summed E-state index contributed by atoms with van der Waals surface area (Å²) < 4.78 is 32.9. The number of benzene rings is 3. The number of para-hydroxylation sites is 1. The summed E-state index contributed by atoms with van der Waals surface area (Å²) in [7, 11) is -3.69. The second-order valence-corrected chi connectivity index (χ2v) is 9.38. The van der Waals surface area contributed by atoms with Crippen LogP contribution in [0, 0.1) is 0 Å². The summed E-state index contributed by atoms with van der Waals surface area (Å²) in [5.74, 6) is 1.22. The summed E-state index contributed by atoms with van der Waals surface area (Å²) in [6, 6.07) is 22.7. The van der Waals surface area contributed by atoms with Crippen molar-refractivity contribution >= 4 is 27.5 Å². The van der Waals surface area contributed by atoms with E-state index in [1.807, 2.05) is 30.3 Å². The third-order valence-electron chi connectivity index (χ3n) is 5.06. The van der Waals surface area contributed by atoms with Crippen LogP contribution in [0.25, 0.3) is 0 Å². The van der Waals surface area contributed by atoms with Crippen LogP contribution in [0.1, 0.15) is 10.4 Å². The van der Waals surface area contributed by atoms with Crippen molar-refractivity contribution in [2.75, 3.05) is 26.2 Å². The van der Waals surface area contributed by atoms with Crippen molar-refractivity contribution in [3.63, 3.8) is 0 Å². The largest absolute Gasteiger partial charge is 0.457 e. The van der Waals surface area contributed by atoms with Gasteiger partial charge in [-0.3, -0.25) is 4.79 Å². The molecule has 31 heavy (non-hydrogen) atoms. The first-order valence-electron chi connectivity index (χ1n) is 9.82. The van der Waals surface area contributed by atoms with Crippen LogP contribution in [0.4, 0.5) is 0 Å². The molecular formula is C23H21ClN2O4S. The van der Waals surface area contributed by atoms with E-state index in [-0.39, 0.29) is 28.9 Å². The molecule has 3 aromatic rings. The van der Waals surface area contributed by atoms with Gasteiger partial charge in [-0.25, -0.2) is 8.42 Å². The molecule has 0 unspecified atom stereocenters. The highest BCUT2D eigenvalue weighted by Crippen LogP contribution is 2.26. The smallest absolute Gasteiger partial charge is 0.253 e. The molecule has 0 spiro atoms. The predicted octanol–water partition coefficient (Wildman–Crippen LogP) is 4.28. The van der Waals surface area contributed by atoms with Gasteiger partial charge in [-0.05, 0) is 48.5 Å². The highest BCUT2D eigenvalue weighted by atomic mass is 35.5. The van der Waals surface area contributed by atoms with Crippen molar-refractivity contribution in [1.29, 1.82) is 0 Å². The molecule has 1 heterocycles. The zero-order valence-corrected chi connectivity index (χ0v) is 18.2. The van der Waals surface area contributed by atoms with Crippen molar-refractivity contribution in [1.82, 2.24) is 9.21 Å². The first-order chi connectivity index (χ1) is 14.9. The SMILES string of the molecule is O=C(c1ccc(Oc2ccccc2)cc1)N1CCN(S(=O)(=O)c2ccccc2Cl)CC1. The number of sulfonamides is 1. The van der Waals surface area contributed by atoms with Crippen LogP contribution in [-0.4, -0.2) is 49.7 Å². The predicted molar refractivity (Wildman–Crippen MR) is 119 cm³/mol. The Balaban J connectivity index is 1.39. The monoisotopic (exact) mass is 456 g/mol. The molecule has 0 atom stereocenters. The molecule has 8 heteroatoms. The number of hydrogen-bond acceptors (Lipinski definition) is 4. The summed E-state index contributed by atoms with van der Waals surface area (Å²) in [5, 5.41) is 0.193. The van der Waals surface area contributed by atoms with Crippen LogP contribution in [0.2, 0.25) is 5.02 Å². The van der Waals surface area contributed by atoms with Gasteiger partial charge in [-0.1, -0.05) is 41.9 Å². The fourth-order valence-electron chi connectivity index (χ4n) is 3.40. The van der Waals surface area contributed by atoms with Crippen molar-refractivity contribution in [2.45, 2.75) is 4.90 Å². The van der Waals surface area contributed by atoms with Crippen molar-refractivity contribution in [3.05, 3.63) is 89.4 Å². The molecule has 1 aliphatic rings. The van der Waals surface area contributed by atoms with Gasteiger partial charge in [0, 0.05) is 31.7 Å². The van der Waals surface area contributed by atoms with E-state index in [9.17, 15) is 13.2 Å². The fourth-order valence-corrected chi connectivity index (χ4v) is 5.31. The van der Waals surface area contributed by atoms with Gasteiger partial charge in [-0.2, -0.15) is 4.31 Å². The van der Waals surface area contributed by atoms with E-state index in [0.717, 1.165) is 5.75 Å². The lowest BCUT2D eigenvalue weighted by Crippen LogP contribution is -2.50. The van der Waals surface area contributed by atoms with E-state index >= 15 is 0 Å². The standard InChI is InChI=1S/C23H21ClN2O4S/c24-21-8-4-5-9-22(21)31(28,29)26-16-14-25(15-17-26)23(27)18-10-12-20(13-11-18)30-19-6-2-1-3-7-19/h1-13H,14-17H2. The molecule has 0 radical (unpaired) electrons. The summed E-state index contributed by atoms with van der Waals surface area (Å²) in [4.78, 5) is 14.6. The van der Waals surface area contributed by atoms with Gasteiger partial charge in [0.1, 0.15) is 16.4 Å². The van der Waals surface area contributed by atoms with Gasteiger partial charge in [0.2, 0.25) is 10.0 Å².